The van der Waals surface area contributed by atoms with Crippen molar-refractivity contribution in [3.05, 3.63) is 56.5 Å². The minimum Gasteiger partial charge on any atom is -0.490 e. The van der Waals surface area contributed by atoms with Gasteiger partial charge in [0.15, 0.2) is 11.5 Å². The highest BCUT2D eigenvalue weighted by Crippen LogP contribution is 2.37. The molecular formula is C20H17Cl3N2O3. The SMILES string of the molecule is CCOc1cc(/C=C(\C#N)C(=O)Nc2ccc(Cl)c(Cl)c2)cc(Cl)c1OCC. The summed E-state index contributed by atoms with van der Waals surface area (Å²) >= 11 is 18.1. The number of carbonyl (C=O) groups is 1. The molecule has 0 spiro atoms. The van der Waals surface area contributed by atoms with Crippen LogP contribution in [0.1, 0.15) is 19.4 Å². The molecule has 146 valence electrons. The number of ether oxygens (including phenoxy) is 2. The number of anilines is 1. The Morgan fingerprint density at radius 3 is 2.39 bits per heavy atom. The molecule has 2 rings (SSSR count). The number of nitriles is 1. The van der Waals surface area contributed by atoms with Crippen LogP contribution in [-0.2, 0) is 4.79 Å². The average Bonchev–Trinajstić information content (AvgIpc) is 2.65. The van der Waals surface area contributed by atoms with E-state index >= 15 is 0 Å². The van der Waals surface area contributed by atoms with E-state index in [2.05, 4.69) is 5.32 Å². The van der Waals surface area contributed by atoms with Crippen LogP contribution in [0, 0.1) is 11.3 Å². The summed E-state index contributed by atoms with van der Waals surface area (Å²) in [7, 11) is 0. The van der Waals surface area contributed by atoms with E-state index in [1.165, 1.54) is 12.1 Å². The highest BCUT2D eigenvalue weighted by atomic mass is 35.5. The van der Waals surface area contributed by atoms with Crippen molar-refractivity contribution >= 4 is 52.5 Å². The second kappa shape index (κ2) is 10.2. The maximum atomic E-state index is 12.4. The van der Waals surface area contributed by atoms with Crippen LogP contribution in [-0.4, -0.2) is 19.1 Å². The largest absolute Gasteiger partial charge is 0.490 e. The van der Waals surface area contributed by atoms with Crippen molar-refractivity contribution in [3.63, 3.8) is 0 Å². The van der Waals surface area contributed by atoms with Gasteiger partial charge in [-0.05, 0) is 55.8 Å². The van der Waals surface area contributed by atoms with Crippen LogP contribution >= 0.6 is 34.8 Å². The Labute approximate surface area is 178 Å². The van der Waals surface area contributed by atoms with E-state index in [0.717, 1.165) is 0 Å². The lowest BCUT2D eigenvalue weighted by atomic mass is 10.1. The zero-order valence-electron chi connectivity index (χ0n) is 15.2. The summed E-state index contributed by atoms with van der Waals surface area (Å²) in [6, 6.07) is 9.77. The first-order chi connectivity index (χ1) is 13.4. The van der Waals surface area contributed by atoms with Crippen LogP contribution in [0.5, 0.6) is 11.5 Å². The number of carbonyl (C=O) groups excluding carboxylic acids is 1. The molecule has 0 aromatic heterocycles. The van der Waals surface area contributed by atoms with Crippen molar-refractivity contribution in [2.24, 2.45) is 0 Å². The summed E-state index contributed by atoms with van der Waals surface area (Å²) in [5, 5.41) is 13.0. The maximum Gasteiger partial charge on any atom is 0.266 e. The van der Waals surface area contributed by atoms with Gasteiger partial charge in [-0.2, -0.15) is 5.26 Å². The van der Waals surface area contributed by atoms with E-state index in [4.69, 9.17) is 44.3 Å². The van der Waals surface area contributed by atoms with E-state index in [9.17, 15) is 10.1 Å². The highest BCUT2D eigenvalue weighted by Gasteiger charge is 2.14. The molecule has 0 radical (unpaired) electrons. The molecule has 0 saturated heterocycles. The third kappa shape index (κ3) is 5.56. The first-order valence-corrected chi connectivity index (χ1v) is 9.50. The number of benzene rings is 2. The number of nitrogens with zero attached hydrogens (tertiary/aromatic N) is 1. The topological polar surface area (TPSA) is 71.3 Å². The van der Waals surface area contributed by atoms with Gasteiger partial charge in [0.2, 0.25) is 0 Å². The Morgan fingerprint density at radius 2 is 1.79 bits per heavy atom. The molecule has 8 heteroatoms. The van der Waals surface area contributed by atoms with Crippen molar-refractivity contribution in [1.29, 1.82) is 5.26 Å². The molecule has 0 aliphatic carbocycles. The average molecular weight is 440 g/mol. The van der Waals surface area contributed by atoms with Crippen LogP contribution < -0.4 is 14.8 Å². The second-order valence-corrected chi connectivity index (χ2v) is 6.67. The monoisotopic (exact) mass is 438 g/mol. The Hall–Kier alpha value is -2.39. The Kier molecular flexibility index (Phi) is 8.01. The maximum absolute atomic E-state index is 12.4. The fourth-order valence-corrected chi connectivity index (χ4v) is 2.88. The van der Waals surface area contributed by atoms with Gasteiger partial charge in [0, 0.05) is 5.69 Å². The van der Waals surface area contributed by atoms with E-state index in [0.29, 0.717) is 51.0 Å². The normalized spacial score (nSPS) is 10.9. The number of hydrogen-bond acceptors (Lipinski definition) is 4. The molecule has 0 fully saturated rings. The van der Waals surface area contributed by atoms with Crippen LogP contribution in [0.3, 0.4) is 0 Å². The summed E-state index contributed by atoms with van der Waals surface area (Å²) in [4.78, 5) is 12.4. The van der Waals surface area contributed by atoms with Gasteiger partial charge < -0.3 is 14.8 Å². The predicted molar refractivity (Wildman–Crippen MR) is 112 cm³/mol. The van der Waals surface area contributed by atoms with Crippen molar-refractivity contribution in [2.45, 2.75) is 13.8 Å². The molecule has 0 unspecified atom stereocenters. The molecule has 0 atom stereocenters. The van der Waals surface area contributed by atoms with Gasteiger partial charge in [-0.25, -0.2) is 0 Å². The van der Waals surface area contributed by atoms with Crippen molar-refractivity contribution in [2.75, 3.05) is 18.5 Å². The zero-order valence-corrected chi connectivity index (χ0v) is 17.5. The minimum atomic E-state index is -0.594. The van der Waals surface area contributed by atoms with Crippen molar-refractivity contribution in [1.82, 2.24) is 0 Å². The van der Waals surface area contributed by atoms with Gasteiger partial charge in [0.1, 0.15) is 11.6 Å². The molecule has 0 heterocycles. The van der Waals surface area contributed by atoms with Gasteiger partial charge in [-0.1, -0.05) is 34.8 Å². The molecule has 2 aromatic rings. The molecule has 1 amide bonds. The quantitative estimate of drug-likeness (QED) is 0.425. The van der Waals surface area contributed by atoms with Crippen molar-refractivity contribution in [3.8, 4) is 17.6 Å². The van der Waals surface area contributed by atoms with E-state index in [1.807, 2.05) is 19.9 Å². The van der Waals surface area contributed by atoms with Gasteiger partial charge in [-0.15, -0.1) is 0 Å². The molecular weight excluding hydrogens is 423 g/mol. The van der Waals surface area contributed by atoms with Gasteiger partial charge >= 0.3 is 0 Å². The Balaban J connectivity index is 2.33. The van der Waals surface area contributed by atoms with Crippen LogP contribution in [0.25, 0.3) is 6.08 Å². The first-order valence-electron chi connectivity index (χ1n) is 8.36. The number of nitrogens with one attached hydrogen (secondary N) is 1. The minimum absolute atomic E-state index is 0.117. The summed E-state index contributed by atoms with van der Waals surface area (Å²) in [6.45, 7) is 4.50. The number of rotatable bonds is 7. The Bertz CT molecular complexity index is 952. The fraction of sp³-hybridized carbons (Fsp3) is 0.200. The second-order valence-electron chi connectivity index (χ2n) is 5.45. The van der Waals surface area contributed by atoms with Crippen LogP contribution in [0.15, 0.2) is 35.9 Å². The van der Waals surface area contributed by atoms with Gasteiger partial charge in [0.05, 0.1) is 28.3 Å². The third-order valence-electron chi connectivity index (χ3n) is 3.47. The summed E-state index contributed by atoms with van der Waals surface area (Å²) in [5.74, 6) is 0.260. The van der Waals surface area contributed by atoms with Gasteiger partial charge in [-0.3, -0.25) is 4.79 Å². The molecule has 0 aliphatic rings. The van der Waals surface area contributed by atoms with Crippen molar-refractivity contribution < 1.29 is 14.3 Å². The lowest BCUT2D eigenvalue weighted by molar-refractivity contribution is -0.112. The predicted octanol–water partition coefficient (Wildman–Crippen LogP) is 5.99. The molecule has 0 bridgehead atoms. The third-order valence-corrected chi connectivity index (χ3v) is 4.49. The molecule has 1 N–H and O–H groups in total. The lowest BCUT2D eigenvalue weighted by Gasteiger charge is -2.13. The fourth-order valence-electron chi connectivity index (χ4n) is 2.31. The van der Waals surface area contributed by atoms with Crippen LogP contribution in [0.2, 0.25) is 15.1 Å². The standard InChI is InChI=1S/C20H17Cl3N2O3/c1-3-27-18-9-12(8-17(23)19(18)28-4-2)7-13(11-24)20(26)25-14-5-6-15(21)16(22)10-14/h5-10H,3-4H2,1-2H3,(H,25,26)/b13-7+. The van der Waals surface area contributed by atoms with E-state index < -0.39 is 5.91 Å². The highest BCUT2D eigenvalue weighted by molar-refractivity contribution is 6.42. The van der Waals surface area contributed by atoms with E-state index in [-0.39, 0.29) is 5.57 Å². The summed E-state index contributed by atoms with van der Waals surface area (Å²) < 4.78 is 11.1. The van der Waals surface area contributed by atoms with E-state index in [1.54, 1.807) is 24.3 Å². The molecule has 0 aliphatic heterocycles. The molecule has 28 heavy (non-hydrogen) atoms. The summed E-state index contributed by atoms with van der Waals surface area (Å²) in [6.07, 6.45) is 1.41. The molecule has 2 aromatic carbocycles. The zero-order chi connectivity index (χ0) is 20.7. The van der Waals surface area contributed by atoms with Gasteiger partial charge in [0.25, 0.3) is 5.91 Å². The Morgan fingerprint density at radius 1 is 1.07 bits per heavy atom. The number of halogens is 3. The lowest BCUT2D eigenvalue weighted by Crippen LogP contribution is -2.13. The summed E-state index contributed by atoms with van der Waals surface area (Å²) in [5.41, 5.74) is 0.826. The number of hydrogen-bond donors (Lipinski definition) is 1. The van der Waals surface area contributed by atoms with Crippen LogP contribution in [0.4, 0.5) is 5.69 Å². The molecule has 0 saturated carbocycles. The molecule has 5 nitrogen and oxygen atoms in total. The first kappa shape index (κ1) is 21.9. The number of amides is 1. The smallest absolute Gasteiger partial charge is 0.266 e.